The zero-order valence-electron chi connectivity index (χ0n) is 17.6. The minimum Gasteiger partial charge on any atom is -0.304 e. The lowest BCUT2D eigenvalue weighted by atomic mass is 10.2. The van der Waals surface area contributed by atoms with E-state index in [1.165, 1.54) is 3.90 Å². The number of hydrogen-bond donors (Lipinski definition) is 1. The Bertz CT molecular complexity index is 420. The molecule has 0 bridgehead atoms. The van der Waals surface area contributed by atoms with Gasteiger partial charge in [0.25, 0.3) is 0 Å². The second-order valence-electron chi connectivity index (χ2n) is 10.7. The molecule has 0 aromatic rings. The van der Waals surface area contributed by atoms with Gasteiger partial charge in [0.2, 0.25) is 0 Å². The van der Waals surface area contributed by atoms with Crippen molar-refractivity contribution >= 4 is 34.1 Å². The quantitative estimate of drug-likeness (QED) is 0.277. The van der Waals surface area contributed by atoms with Gasteiger partial charge in [-0.25, -0.2) is 8.22 Å². The second kappa shape index (κ2) is 6.61. The molecule has 3 nitrogen and oxygen atoms in total. The first-order valence-electron chi connectivity index (χ1n) is 8.44. The molecule has 0 fully saturated rings. The second-order valence-corrected chi connectivity index (χ2v) is 28.7. The fourth-order valence-corrected chi connectivity index (χ4v) is 27.4. The van der Waals surface area contributed by atoms with Crippen molar-refractivity contribution in [2.75, 3.05) is 0 Å². The lowest BCUT2D eigenvalue weighted by Gasteiger charge is -2.55. The number of hydrazine groups is 1. The Hall–Kier alpha value is 0.538. The van der Waals surface area contributed by atoms with Gasteiger partial charge in [-0.2, -0.15) is 4.34 Å². The summed E-state index contributed by atoms with van der Waals surface area (Å²) in [7, 11) is -14.2. The average molecular weight is 418 g/mol. The SMILES string of the molecule is CC(C)(C)[Si](F)(N(N)[Si](F)(F)N([Si](C)(C)C)[Si](C)(C)C)C(C)(C)C. The standard InChI is InChI=1S/C14H38F3N3Si4/c1-13(2,3)23(15,14(4,5)6)19(18)24(16,17)20(21(7,8)9)22(10,11)12/h18H2,1-12H3. The molecular formula is C14H38F3N3Si4. The van der Waals surface area contributed by atoms with Crippen molar-refractivity contribution in [3.05, 3.63) is 0 Å². The van der Waals surface area contributed by atoms with E-state index >= 15 is 12.3 Å². The highest BCUT2D eigenvalue weighted by Gasteiger charge is 2.70. The van der Waals surface area contributed by atoms with Crippen molar-refractivity contribution in [1.29, 1.82) is 0 Å². The number of hydrogen-bond acceptors (Lipinski definition) is 3. The smallest absolute Gasteiger partial charge is 0.304 e. The third-order valence-electron chi connectivity index (χ3n) is 4.22. The zero-order chi connectivity index (χ0) is 20.2. The van der Waals surface area contributed by atoms with Crippen LogP contribution in [0.25, 0.3) is 0 Å². The van der Waals surface area contributed by atoms with Crippen LogP contribution in [-0.4, -0.2) is 42.3 Å². The molecule has 0 aromatic heterocycles. The minimum atomic E-state index is -5.31. The molecule has 146 valence electrons. The highest BCUT2D eigenvalue weighted by Crippen LogP contribution is 2.54. The number of rotatable bonds is 5. The van der Waals surface area contributed by atoms with E-state index in [2.05, 4.69) is 0 Å². The summed E-state index contributed by atoms with van der Waals surface area (Å²) in [6, 6.07) is 0. The Kier molecular flexibility index (Phi) is 6.76. The molecule has 0 saturated heterocycles. The predicted octanol–water partition coefficient (Wildman–Crippen LogP) is 5.52. The highest BCUT2D eigenvalue weighted by atomic mass is 28.5. The van der Waals surface area contributed by atoms with Gasteiger partial charge in [0.1, 0.15) is 16.5 Å². The summed E-state index contributed by atoms with van der Waals surface area (Å²) < 4.78 is 49.8. The first-order chi connectivity index (χ1) is 10.0. The Labute approximate surface area is 151 Å². The summed E-state index contributed by atoms with van der Waals surface area (Å²) in [4.78, 5) is 0. The third-order valence-corrected chi connectivity index (χ3v) is 24.1. The Morgan fingerprint density at radius 3 is 1.08 bits per heavy atom. The molecule has 0 spiro atoms. The van der Waals surface area contributed by atoms with Gasteiger partial charge >= 0.3 is 17.6 Å². The zero-order valence-corrected chi connectivity index (χ0v) is 21.6. The lowest BCUT2D eigenvalue weighted by Crippen LogP contribution is -2.82. The normalized spacial score (nSPS) is 16.2. The van der Waals surface area contributed by atoms with Crippen LogP contribution in [0.5, 0.6) is 0 Å². The van der Waals surface area contributed by atoms with Gasteiger partial charge in [-0.15, -0.1) is 0 Å². The fourth-order valence-electron chi connectivity index (χ4n) is 3.95. The van der Waals surface area contributed by atoms with E-state index in [0.29, 0.717) is 4.34 Å². The molecule has 0 atom stereocenters. The topological polar surface area (TPSA) is 32.5 Å². The van der Waals surface area contributed by atoms with E-state index < -0.39 is 44.2 Å². The highest BCUT2D eigenvalue weighted by molar-refractivity contribution is 7.02. The van der Waals surface area contributed by atoms with Crippen LogP contribution >= 0.6 is 0 Å². The van der Waals surface area contributed by atoms with Crippen LogP contribution in [0.2, 0.25) is 49.4 Å². The van der Waals surface area contributed by atoms with E-state index in [-0.39, 0.29) is 0 Å². The predicted molar refractivity (Wildman–Crippen MR) is 109 cm³/mol. The molecule has 0 aliphatic rings. The molecule has 0 aliphatic heterocycles. The molecule has 24 heavy (non-hydrogen) atoms. The van der Waals surface area contributed by atoms with Crippen molar-refractivity contribution in [2.24, 2.45) is 5.84 Å². The van der Waals surface area contributed by atoms with Gasteiger partial charge in [0.05, 0.1) is 0 Å². The number of nitrogens with zero attached hydrogens (tertiary/aromatic N) is 2. The van der Waals surface area contributed by atoms with E-state index in [0.717, 1.165) is 0 Å². The molecule has 2 N–H and O–H groups in total. The third kappa shape index (κ3) is 4.44. The van der Waals surface area contributed by atoms with Gasteiger partial charge in [0.15, 0.2) is 0 Å². The molecule has 0 amide bonds. The maximum atomic E-state index is 16.3. The summed E-state index contributed by atoms with van der Waals surface area (Å²) in [6.07, 6.45) is 0. The van der Waals surface area contributed by atoms with Gasteiger partial charge in [-0.05, 0) is 0 Å². The molecule has 0 saturated carbocycles. The summed E-state index contributed by atoms with van der Waals surface area (Å²) in [6.45, 7) is 21.6. The molecule has 0 aliphatic carbocycles. The summed E-state index contributed by atoms with van der Waals surface area (Å²) >= 11 is 0. The van der Waals surface area contributed by atoms with E-state index in [9.17, 15) is 0 Å². The van der Waals surface area contributed by atoms with Crippen LogP contribution < -0.4 is 5.84 Å². The first-order valence-corrected chi connectivity index (χ1v) is 18.8. The van der Waals surface area contributed by atoms with Crippen molar-refractivity contribution in [2.45, 2.75) is 90.9 Å². The molecule has 0 radical (unpaired) electrons. The molecule has 10 heteroatoms. The molecule has 0 rings (SSSR count). The molecule has 0 aromatic carbocycles. The fraction of sp³-hybridized carbons (Fsp3) is 1.00. The van der Waals surface area contributed by atoms with Crippen molar-refractivity contribution in [1.82, 2.24) is 8.24 Å². The Morgan fingerprint density at radius 1 is 0.667 bits per heavy atom. The monoisotopic (exact) mass is 417 g/mol. The van der Waals surface area contributed by atoms with E-state index in [1.54, 1.807) is 41.5 Å². The van der Waals surface area contributed by atoms with Crippen molar-refractivity contribution in [3.63, 3.8) is 0 Å². The number of halogens is 3. The molecular weight excluding hydrogens is 380 g/mol. The largest absolute Gasteiger partial charge is 0.595 e. The van der Waals surface area contributed by atoms with Crippen LogP contribution in [0, 0.1) is 0 Å². The molecule has 0 unspecified atom stereocenters. The molecule has 0 heterocycles. The van der Waals surface area contributed by atoms with E-state index in [1.807, 2.05) is 39.3 Å². The minimum absolute atomic E-state index is 0.483. The maximum absolute atomic E-state index is 16.3. The van der Waals surface area contributed by atoms with Crippen LogP contribution in [-0.2, 0) is 0 Å². The van der Waals surface area contributed by atoms with Crippen LogP contribution in [0.15, 0.2) is 0 Å². The van der Waals surface area contributed by atoms with Gasteiger partial charge in [-0.1, -0.05) is 80.8 Å². The Morgan fingerprint density at radius 2 is 0.917 bits per heavy atom. The van der Waals surface area contributed by atoms with Crippen molar-refractivity contribution < 1.29 is 12.3 Å². The van der Waals surface area contributed by atoms with Gasteiger partial charge in [0, 0.05) is 10.1 Å². The van der Waals surface area contributed by atoms with Crippen LogP contribution in [0.4, 0.5) is 12.3 Å². The average Bonchev–Trinajstić information content (AvgIpc) is 2.18. The summed E-state index contributed by atoms with van der Waals surface area (Å²) in [5.41, 5.74) is 0. The first kappa shape index (κ1) is 24.5. The summed E-state index contributed by atoms with van der Waals surface area (Å²) in [5.74, 6) is 6.03. The Balaban J connectivity index is 6.45. The maximum Gasteiger partial charge on any atom is 0.595 e. The number of nitrogens with two attached hydrogens (primary N) is 1. The summed E-state index contributed by atoms with van der Waals surface area (Å²) in [5, 5.41) is -1.83. The van der Waals surface area contributed by atoms with Gasteiger partial charge in [-0.3, -0.25) is 9.95 Å². The lowest BCUT2D eigenvalue weighted by molar-refractivity contribution is 0.328. The van der Waals surface area contributed by atoms with Crippen LogP contribution in [0.3, 0.4) is 0 Å². The van der Waals surface area contributed by atoms with E-state index in [4.69, 9.17) is 5.84 Å². The van der Waals surface area contributed by atoms with Crippen molar-refractivity contribution in [3.8, 4) is 0 Å². The van der Waals surface area contributed by atoms with Crippen LogP contribution in [0.1, 0.15) is 41.5 Å². The van der Waals surface area contributed by atoms with Gasteiger partial charge < -0.3 is 3.90 Å².